The van der Waals surface area contributed by atoms with Crippen molar-refractivity contribution in [1.29, 1.82) is 0 Å². The molecule has 0 unspecified atom stereocenters. The van der Waals surface area contributed by atoms with Crippen molar-refractivity contribution in [1.82, 2.24) is 4.90 Å². The molecule has 0 spiro atoms. The second-order valence-corrected chi connectivity index (χ2v) is 27.6. The molecule has 8 atom stereocenters. The minimum Gasteiger partial charge on any atom is -0.394 e. The van der Waals surface area contributed by atoms with Crippen LogP contribution in [-0.4, -0.2) is 110 Å². The first-order valence-corrected chi connectivity index (χ1v) is 38.8. The zero-order valence-corrected chi connectivity index (χ0v) is 57.7. The number of carbonyl (C=O) groups excluding carboxylic acids is 1. The van der Waals surface area contributed by atoms with Crippen LogP contribution in [0.3, 0.4) is 0 Å². The van der Waals surface area contributed by atoms with Gasteiger partial charge in [-0.05, 0) is 19.3 Å². The average Bonchev–Trinajstić information content (AvgIpc) is 2.43. The van der Waals surface area contributed by atoms with Crippen LogP contribution in [0.2, 0.25) is 0 Å². The van der Waals surface area contributed by atoms with Crippen molar-refractivity contribution < 1.29 is 44.9 Å². The molecule has 0 aliphatic carbocycles. The Labute approximate surface area is 534 Å². The minimum absolute atomic E-state index is 0.0680. The SMILES string of the molecule is CCCCCCCCCCCCCCCCCCCCCCCCCCN(C(=O)CCCCCCCCCCCCCCCCCCCCCCCCC)[C@@H](CO[C@H]1O[C@H](CO)[C@H](O)[C@H](O)[C@H]1O)[C@H](O)[C@H](O)CCCCCCCCCCCCCC. The van der Waals surface area contributed by atoms with E-state index in [1.807, 2.05) is 0 Å². The molecule has 1 aliphatic heterocycles. The number of hydrogen-bond acceptors (Lipinski definition) is 9. The highest BCUT2D eigenvalue weighted by Gasteiger charge is 2.45. The van der Waals surface area contributed by atoms with Crippen LogP contribution in [0.25, 0.3) is 0 Å². The lowest BCUT2D eigenvalue weighted by molar-refractivity contribution is -0.304. The molecule has 6 N–H and O–H groups in total. The molecule has 1 saturated heterocycles. The zero-order chi connectivity index (χ0) is 62.4. The summed E-state index contributed by atoms with van der Waals surface area (Å²) in [5.74, 6) is -0.0680. The van der Waals surface area contributed by atoms with Crippen LogP contribution in [-0.2, 0) is 14.3 Å². The summed E-state index contributed by atoms with van der Waals surface area (Å²) in [5.41, 5.74) is 0. The molecule has 86 heavy (non-hydrogen) atoms. The van der Waals surface area contributed by atoms with Crippen molar-refractivity contribution in [3.63, 3.8) is 0 Å². The fourth-order valence-electron chi connectivity index (χ4n) is 13.3. The van der Waals surface area contributed by atoms with Gasteiger partial charge in [-0.15, -0.1) is 0 Å². The van der Waals surface area contributed by atoms with E-state index in [1.54, 1.807) is 4.90 Å². The van der Waals surface area contributed by atoms with Crippen LogP contribution in [0.5, 0.6) is 0 Å². The van der Waals surface area contributed by atoms with Gasteiger partial charge in [0, 0.05) is 13.0 Å². The Hall–Kier alpha value is -0.850. The Morgan fingerprint density at radius 3 is 0.930 bits per heavy atom. The summed E-state index contributed by atoms with van der Waals surface area (Å²) in [5, 5.41) is 65.6. The number of unbranched alkanes of at least 4 members (excludes halogenated alkanes) is 56. The fraction of sp³-hybridized carbons (Fsp3) is 0.987. The minimum atomic E-state index is -1.61. The number of rotatable bonds is 69. The zero-order valence-electron chi connectivity index (χ0n) is 57.7. The summed E-state index contributed by atoms with van der Waals surface area (Å²) in [6, 6.07) is -0.920. The topological polar surface area (TPSA) is 160 Å². The number of ether oxygens (including phenoxy) is 2. The average molecular weight is 1220 g/mol. The van der Waals surface area contributed by atoms with Gasteiger partial charge in [-0.1, -0.05) is 387 Å². The normalized spacial score (nSPS) is 18.3. The predicted molar refractivity (Wildman–Crippen MR) is 366 cm³/mol. The van der Waals surface area contributed by atoms with Gasteiger partial charge in [0.2, 0.25) is 5.91 Å². The van der Waals surface area contributed by atoms with Gasteiger partial charge in [0.05, 0.1) is 25.4 Å². The Balaban J connectivity index is 2.67. The van der Waals surface area contributed by atoms with Gasteiger partial charge < -0.3 is 45.0 Å². The molecule has 0 aromatic carbocycles. The number of aliphatic hydroxyl groups excluding tert-OH is 6. The number of aliphatic hydroxyl groups is 6. The maximum atomic E-state index is 14.5. The predicted octanol–water partition coefficient (Wildman–Crippen LogP) is 20.6. The second kappa shape index (κ2) is 64.3. The van der Waals surface area contributed by atoms with E-state index in [-0.39, 0.29) is 12.5 Å². The van der Waals surface area contributed by atoms with Crippen LogP contribution in [0.4, 0.5) is 0 Å². The Kier molecular flexibility index (Phi) is 62.1. The van der Waals surface area contributed by atoms with E-state index >= 15 is 0 Å². The van der Waals surface area contributed by atoms with Crippen LogP contribution >= 0.6 is 0 Å². The molecule has 0 radical (unpaired) electrons. The highest BCUT2D eigenvalue weighted by Crippen LogP contribution is 2.26. The summed E-state index contributed by atoms with van der Waals surface area (Å²) < 4.78 is 11.8. The number of nitrogens with zero attached hydrogens (tertiary/aromatic N) is 1. The lowest BCUT2D eigenvalue weighted by Crippen LogP contribution is -2.60. The third-order valence-electron chi connectivity index (χ3n) is 19.4. The van der Waals surface area contributed by atoms with Gasteiger partial charge in [-0.25, -0.2) is 0 Å². The van der Waals surface area contributed by atoms with E-state index in [9.17, 15) is 35.4 Å². The maximum Gasteiger partial charge on any atom is 0.222 e. The van der Waals surface area contributed by atoms with Crippen molar-refractivity contribution in [2.45, 2.75) is 461 Å². The maximum absolute atomic E-state index is 14.5. The lowest BCUT2D eigenvalue weighted by atomic mass is 9.97. The van der Waals surface area contributed by atoms with Gasteiger partial charge in [0.1, 0.15) is 30.5 Å². The second-order valence-electron chi connectivity index (χ2n) is 27.6. The van der Waals surface area contributed by atoms with E-state index in [1.165, 1.54) is 315 Å². The molecule has 0 aromatic heterocycles. The highest BCUT2D eigenvalue weighted by atomic mass is 16.7. The summed E-state index contributed by atoms with van der Waals surface area (Å²) in [6.07, 6.45) is 67.3. The molecule has 1 fully saturated rings. The van der Waals surface area contributed by atoms with Gasteiger partial charge >= 0.3 is 0 Å². The lowest BCUT2D eigenvalue weighted by Gasteiger charge is -2.42. The summed E-state index contributed by atoms with van der Waals surface area (Å²) in [7, 11) is 0. The third-order valence-corrected chi connectivity index (χ3v) is 19.4. The summed E-state index contributed by atoms with van der Waals surface area (Å²) >= 11 is 0. The van der Waals surface area contributed by atoms with Crippen LogP contribution in [0, 0.1) is 0 Å². The van der Waals surface area contributed by atoms with Gasteiger partial charge in [-0.3, -0.25) is 4.79 Å². The molecule has 10 heteroatoms. The first-order valence-electron chi connectivity index (χ1n) is 38.8. The number of carbonyl (C=O) groups is 1. The smallest absolute Gasteiger partial charge is 0.222 e. The molecular formula is C76H151NO9. The summed E-state index contributed by atoms with van der Waals surface area (Å²) in [4.78, 5) is 16.2. The van der Waals surface area contributed by atoms with Crippen LogP contribution in [0.1, 0.15) is 412 Å². The molecule has 1 amide bonds. The van der Waals surface area contributed by atoms with Crippen molar-refractivity contribution in [3.8, 4) is 0 Å². The molecule has 1 aliphatic rings. The quantitative estimate of drug-likeness (QED) is 0.0326. The third kappa shape index (κ3) is 48.9. The van der Waals surface area contributed by atoms with Crippen molar-refractivity contribution in [2.75, 3.05) is 19.8 Å². The van der Waals surface area contributed by atoms with E-state index in [0.717, 1.165) is 64.2 Å². The van der Waals surface area contributed by atoms with Crippen LogP contribution in [0.15, 0.2) is 0 Å². The molecule has 0 bridgehead atoms. The molecular weight excluding hydrogens is 1070 g/mol. The fourth-order valence-corrected chi connectivity index (χ4v) is 13.3. The van der Waals surface area contributed by atoms with E-state index < -0.39 is 55.6 Å². The van der Waals surface area contributed by atoms with E-state index in [0.29, 0.717) is 19.4 Å². The van der Waals surface area contributed by atoms with Crippen molar-refractivity contribution >= 4 is 5.91 Å². The number of hydrogen-bond donors (Lipinski definition) is 6. The van der Waals surface area contributed by atoms with Gasteiger partial charge in [-0.2, -0.15) is 0 Å². The molecule has 0 saturated carbocycles. The standard InChI is InChI=1S/C76H151NO9/c1-4-7-10-13-16-19-22-25-27-29-31-33-35-37-39-41-43-45-47-50-53-56-59-62-65-77(71(80)64-61-58-55-52-49-46-44-42-40-38-36-34-32-30-28-26-23-20-17-14-11-8-5-2)68(67-85-76-75(84)74(83)73(82)70(66-78)86-76)72(81)69(79)63-60-57-54-51-48-24-21-18-15-12-9-6-3/h68-70,72-76,78-79,81-84H,4-67H2,1-3H3/t68-,69+,70+,72-,73-,74-,75+,76-/m0/s1. The van der Waals surface area contributed by atoms with Crippen molar-refractivity contribution in [3.05, 3.63) is 0 Å². The van der Waals surface area contributed by atoms with E-state index in [2.05, 4.69) is 20.8 Å². The molecule has 514 valence electrons. The Morgan fingerprint density at radius 1 is 0.372 bits per heavy atom. The van der Waals surface area contributed by atoms with Gasteiger partial charge in [0.15, 0.2) is 6.29 Å². The van der Waals surface area contributed by atoms with Crippen LogP contribution < -0.4 is 0 Å². The Bertz CT molecular complexity index is 1360. The number of amides is 1. The highest BCUT2D eigenvalue weighted by molar-refractivity contribution is 5.76. The molecule has 0 aromatic rings. The van der Waals surface area contributed by atoms with Gasteiger partial charge in [0.25, 0.3) is 0 Å². The molecule has 1 heterocycles. The summed E-state index contributed by atoms with van der Waals surface area (Å²) in [6.45, 7) is 6.43. The largest absolute Gasteiger partial charge is 0.394 e. The molecule has 10 nitrogen and oxygen atoms in total. The Morgan fingerprint density at radius 2 is 0.640 bits per heavy atom. The van der Waals surface area contributed by atoms with E-state index in [4.69, 9.17) is 9.47 Å². The monoisotopic (exact) mass is 1220 g/mol. The molecule has 1 rings (SSSR count). The van der Waals surface area contributed by atoms with Crippen molar-refractivity contribution in [2.24, 2.45) is 0 Å². The first-order chi connectivity index (χ1) is 42.2. The first kappa shape index (κ1) is 83.2.